The Morgan fingerprint density at radius 2 is 1.82 bits per heavy atom. The Balaban J connectivity index is 1.36. The number of rotatable bonds is 7. The van der Waals surface area contributed by atoms with E-state index in [0.29, 0.717) is 16.4 Å². The molecule has 0 radical (unpaired) electrons. The van der Waals surface area contributed by atoms with Crippen molar-refractivity contribution >= 4 is 28.3 Å². The number of H-pyrrole nitrogens is 1. The van der Waals surface area contributed by atoms with Crippen LogP contribution in [0.3, 0.4) is 0 Å². The molecule has 34 heavy (non-hydrogen) atoms. The molecule has 1 atom stereocenters. The fourth-order valence-corrected chi connectivity index (χ4v) is 3.91. The highest BCUT2D eigenvalue weighted by atomic mass is 32.1. The third kappa shape index (κ3) is 5.15. The van der Waals surface area contributed by atoms with Gasteiger partial charge in [-0.15, -0.1) is 11.3 Å². The first-order valence-corrected chi connectivity index (χ1v) is 11.5. The lowest BCUT2D eigenvalue weighted by atomic mass is 10.1. The quantitative estimate of drug-likeness (QED) is 0.363. The number of aromatic amines is 1. The van der Waals surface area contributed by atoms with Crippen LogP contribution in [-0.2, 0) is 9.53 Å². The molecule has 8 nitrogen and oxygen atoms in total. The van der Waals surface area contributed by atoms with Crippen LogP contribution < -0.4 is 10.1 Å². The minimum absolute atomic E-state index is 0.345. The summed E-state index contributed by atoms with van der Waals surface area (Å²) in [4.78, 5) is 37.2. The number of methoxy groups -OCH3 is 1. The molecule has 1 unspecified atom stereocenters. The summed E-state index contributed by atoms with van der Waals surface area (Å²) in [5.74, 6) is 0.411. The SMILES string of the molecule is COc1cccc(-c2csc(NC(=O)C(C)OC(=O)c3ccc(-c4nc(C)c(C)[nH]4)cc3)n2)c1. The number of benzene rings is 2. The minimum atomic E-state index is -0.994. The number of imidazole rings is 1. The molecule has 0 saturated heterocycles. The maximum Gasteiger partial charge on any atom is 0.338 e. The summed E-state index contributed by atoms with van der Waals surface area (Å²) < 4.78 is 10.6. The molecule has 1 amide bonds. The number of ether oxygens (including phenoxy) is 2. The molecule has 4 rings (SSSR count). The van der Waals surface area contributed by atoms with Gasteiger partial charge < -0.3 is 14.5 Å². The number of hydrogen-bond acceptors (Lipinski definition) is 7. The topological polar surface area (TPSA) is 106 Å². The maximum absolute atomic E-state index is 12.5. The van der Waals surface area contributed by atoms with Gasteiger partial charge in [0.05, 0.1) is 24.1 Å². The highest BCUT2D eigenvalue weighted by Crippen LogP contribution is 2.27. The Labute approximate surface area is 201 Å². The molecule has 4 aromatic rings. The normalized spacial score (nSPS) is 11.6. The Morgan fingerprint density at radius 3 is 2.50 bits per heavy atom. The summed E-state index contributed by atoms with van der Waals surface area (Å²) in [5, 5.41) is 4.96. The number of hydrogen-bond donors (Lipinski definition) is 2. The summed E-state index contributed by atoms with van der Waals surface area (Å²) in [7, 11) is 1.60. The van der Waals surface area contributed by atoms with Gasteiger partial charge in [0, 0.05) is 22.2 Å². The van der Waals surface area contributed by atoms with Crippen molar-refractivity contribution in [1.82, 2.24) is 15.0 Å². The summed E-state index contributed by atoms with van der Waals surface area (Å²) in [6.45, 7) is 5.40. The first-order valence-electron chi connectivity index (χ1n) is 10.6. The molecule has 0 bridgehead atoms. The second-order valence-electron chi connectivity index (χ2n) is 7.68. The number of anilines is 1. The lowest BCUT2D eigenvalue weighted by molar-refractivity contribution is -0.123. The molecule has 2 aromatic carbocycles. The number of aryl methyl sites for hydroxylation is 2. The zero-order valence-corrected chi connectivity index (χ0v) is 20.0. The minimum Gasteiger partial charge on any atom is -0.497 e. The first kappa shape index (κ1) is 23.2. The maximum atomic E-state index is 12.5. The highest BCUT2D eigenvalue weighted by molar-refractivity contribution is 7.14. The summed E-state index contributed by atoms with van der Waals surface area (Å²) in [6, 6.07) is 14.4. The van der Waals surface area contributed by atoms with Gasteiger partial charge in [0.15, 0.2) is 11.2 Å². The average Bonchev–Trinajstić information content (AvgIpc) is 3.45. The zero-order valence-electron chi connectivity index (χ0n) is 19.2. The Bertz CT molecular complexity index is 1310. The van der Waals surface area contributed by atoms with E-state index in [1.165, 1.54) is 18.3 Å². The molecule has 0 spiro atoms. The second-order valence-corrected chi connectivity index (χ2v) is 8.54. The number of aromatic nitrogens is 3. The van der Waals surface area contributed by atoms with Crippen LogP contribution in [0.2, 0.25) is 0 Å². The number of carbonyl (C=O) groups is 2. The van der Waals surface area contributed by atoms with E-state index in [0.717, 1.165) is 34.1 Å². The van der Waals surface area contributed by atoms with E-state index in [2.05, 4.69) is 20.3 Å². The summed E-state index contributed by atoms with van der Waals surface area (Å²) >= 11 is 1.29. The van der Waals surface area contributed by atoms with Crippen molar-refractivity contribution < 1.29 is 19.1 Å². The predicted molar refractivity (Wildman–Crippen MR) is 131 cm³/mol. The van der Waals surface area contributed by atoms with E-state index < -0.39 is 18.0 Å². The van der Waals surface area contributed by atoms with Crippen LogP contribution in [0.5, 0.6) is 5.75 Å². The number of nitrogens with zero attached hydrogens (tertiary/aromatic N) is 2. The van der Waals surface area contributed by atoms with Crippen molar-refractivity contribution in [2.24, 2.45) is 0 Å². The van der Waals surface area contributed by atoms with Crippen LogP contribution in [-0.4, -0.2) is 40.0 Å². The number of thiazole rings is 1. The number of nitrogens with one attached hydrogen (secondary N) is 2. The van der Waals surface area contributed by atoms with Gasteiger partial charge in [-0.2, -0.15) is 0 Å². The van der Waals surface area contributed by atoms with E-state index in [-0.39, 0.29) is 0 Å². The summed E-state index contributed by atoms with van der Waals surface area (Å²) in [5.41, 5.74) is 4.71. The van der Waals surface area contributed by atoms with Crippen molar-refractivity contribution in [2.75, 3.05) is 12.4 Å². The lowest BCUT2D eigenvalue weighted by Crippen LogP contribution is -2.29. The van der Waals surface area contributed by atoms with E-state index in [1.807, 2.05) is 43.5 Å². The van der Waals surface area contributed by atoms with Gasteiger partial charge in [-0.25, -0.2) is 14.8 Å². The van der Waals surface area contributed by atoms with Crippen LogP contribution in [0.15, 0.2) is 53.9 Å². The Morgan fingerprint density at radius 1 is 1.06 bits per heavy atom. The largest absolute Gasteiger partial charge is 0.497 e. The summed E-state index contributed by atoms with van der Waals surface area (Å²) in [6.07, 6.45) is -0.994. The van der Waals surface area contributed by atoms with Crippen molar-refractivity contribution in [3.05, 3.63) is 70.9 Å². The van der Waals surface area contributed by atoms with E-state index in [1.54, 1.807) is 31.4 Å². The number of carbonyl (C=O) groups excluding carboxylic acids is 2. The molecule has 9 heteroatoms. The molecule has 174 valence electrons. The number of amides is 1. The van der Waals surface area contributed by atoms with Crippen LogP contribution in [0, 0.1) is 13.8 Å². The van der Waals surface area contributed by atoms with Crippen molar-refractivity contribution in [2.45, 2.75) is 26.9 Å². The van der Waals surface area contributed by atoms with E-state index >= 15 is 0 Å². The molecule has 2 N–H and O–H groups in total. The molecule has 0 aliphatic rings. The van der Waals surface area contributed by atoms with Crippen LogP contribution >= 0.6 is 11.3 Å². The van der Waals surface area contributed by atoms with Gasteiger partial charge >= 0.3 is 5.97 Å². The molecular weight excluding hydrogens is 452 g/mol. The smallest absolute Gasteiger partial charge is 0.338 e. The molecule has 0 saturated carbocycles. The van der Waals surface area contributed by atoms with Gasteiger partial charge in [-0.1, -0.05) is 24.3 Å². The fraction of sp³-hybridized carbons (Fsp3) is 0.200. The number of esters is 1. The Kier molecular flexibility index (Phi) is 6.74. The lowest BCUT2D eigenvalue weighted by Gasteiger charge is -2.12. The zero-order chi connectivity index (χ0) is 24.2. The van der Waals surface area contributed by atoms with E-state index in [4.69, 9.17) is 9.47 Å². The van der Waals surface area contributed by atoms with Crippen molar-refractivity contribution in [1.29, 1.82) is 0 Å². The van der Waals surface area contributed by atoms with Gasteiger partial charge in [0.25, 0.3) is 5.91 Å². The molecule has 0 aliphatic heterocycles. The second kappa shape index (κ2) is 9.88. The van der Waals surface area contributed by atoms with Gasteiger partial charge in [0.1, 0.15) is 11.6 Å². The molecule has 0 aliphatic carbocycles. The molecular formula is C25H24N4O4S. The van der Waals surface area contributed by atoms with Crippen molar-refractivity contribution in [3.8, 4) is 28.4 Å². The van der Waals surface area contributed by atoms with Gasteiger partial charge in [-0.3, -0.25) is 10.1 Å². The van der Waals surface area contributed by atoms with Crippen molar-refractivity contribution in [3.63, 3.8) is 0 Å². The first-order chi connectivity index (χ1) is 16.3. The highest BCUT2D eigenvalue weighted by Gasteiger charge is 2.20. The van der Waals surface area contributed by atoms with Gasteiger partial charge in [0.2, 0.25) is 0 Å². The third-order valence-electron chi connectivity index (χ3n) is 5.28. The van der Waals surface area contributed by atoms with Crippen LogP contribution in [0.25, 0.3) is 22.6 Å². The molecule has 2 aromatic heterocycles. The third-order valence-corrected chi connectivity index (χ3v) is 6.03. The van der Waals surface area contributed by atoms with Gasteiger partial charge in [-0.05, 0) is 45.0 Å². The molecule has 2 heterocycles. The molecule has 0 fully saturated rings. The average molecular weight is 477 g/mol. The van der Waals surface area contributed by atoms with Crippen LogP contribution in [0.4, 0.5) is 5.13 Å². The monoisotopic (exact) mass is 476 g/mol. The Hall–Kier alpha value is -3.98. The van der Waals surface area contributed by atoms with Crippen LogP contribution in [0.1, 0.15) is 28.7 Å². The standard InChI is InChI=1S/C25H24N4O4S/c1-14-15(2)27-22(26-14)17-8-10-18(11-9-17)24(31)33-16(3)23(30)29-25-28-21(13-34-25)19-6-5-7-20(12-19)32-4/h5-13,16H,1-4H3,(H,26,27)(H,28,29,30). The van der Waals surface area contributed by atoms with E-state index in [9.17, 15) is 9.59 Å². The predicted octanol–water partition coefficient (Wildman–Crippen LogP) is 5.01. The fourth-order valence-electron chi connectivity index (χ4n) is 3.18.